The number of rotatable bonds is 8. The molecule has 0 aliphatic carbocycles. The van der Waals surface area contributed by atoms with Gasteiger partial charge in [-0.1, -0.05) is 0 Å². The first-order valence-corrected chi connectivity index (χ1v) is 7.90. The van der Waals surface area contributed by atoms with Crippen molar-refractivity contribution < 1.29 is 9.47 Å². The van der Waals surface area contributed by atoms with Gasteiger partial charge in [-0.05, 0) is 40.2 Å². The summed E-state index contributed by atoms with van der Waals surface area (Å²) in [7, 11) is 1.69. The second-order valence-electron chi connectivity index (χ2n) is 4.15. The molecule has 2 heterocycles. The van der Waals surface area contributed by atoms with Crippen molar-refractivity contribution in [3.8, 4) is 5.75 Å². The third-order valence-electron chi connectivity index (χ3n) is 2.60. The van der Waals surface area contributed by atoms with Crippen LogP contribution in [0, 0.1) is 0 Å². The normalized spacial score (nSPS) is 10.7. The Bertz CT molecular complexity index is 516. The molecule has 2 rings (SSSR count). The average Bonchev–Trinajstić information content (AvgIpc) is 2.88. The Hall–Kier alpha value is -0.950. The molecule has 2 aromatic rings. The zero-order chi connectivity index (χ0) is 14.2. The van der Waals surface area contributed by atoms with Crippen LogP contribution in [0.5, 0.6) is 5.75 Å². The van der Waals surface area contributed by atoms with Crippen LogP contribution >= 0.6 is 27.3 Å². The van der Waals surface area contributed by atoms with Crippen molar-refractivity contribution in [1.82, 2.24) is 10.3 Å². The van der Waals surface area contributed by atoms with Crippen molar-refractivity contribution in [3.63, 3.8) is 0 Å². The largest absolute Gasteiger partial charge is 0.486 e. The molecule has 108 valence electrons. The summed E-state index contributed by atoms with van der Waals surface area (Å²) >= 11 is 5.11. The summed E-state index contributed by atoms with van der Waals surface area (Å²) in [5.41, 5.74) is 0.993. The smallest absolute Gasteiger partial charge is 0.138 e. The molecule has 0 aliphatic rings. The Balaban J connectivity index is 1.76. The molecule has 0 spiro atoms. The molecular formula is C14H17BrN2O2S. The van der Waals surface area contributed by atoms with E-state index < -0.39 is 0 Å². The van der Waals surface area contributed by atoms with E-state index in [0.29, 0.717) is 13.2 Å². The number of thiophene rings is 1. The molecule has 2 aromatic heterocycles. The molecule has 0 atom stereocenters. The van der Waals surface area contributed by atoms with Crippen molar-refractivity contribution in [1.29, 1.82) is 0 Å². The van der Waals surface area contributed by atoms with Gasteiger partial charge in [-0.3, -0.25) is 4.98 Å². The zero-order valence-corrected chi connectivity index (χ0v) is 13.7. The summed E-state index contributed by atoms with van der Waals surface area (Å²) in [6.45, 7) is 2.84. The zero-order valence-electron chi connectivity index (χ0n) is 11.3. The van der Waals surface area contributed by atoms with E-state index >= 15 is 0 Å². The molecule has 6 heteroatoms. The van der Waals surface area contributed by atoms with E-state index in [0.717, 1.165) is 28.3 Å². The lowest BCUT2D eigenvalue weighted by Crippen LogP contribution is -2.19. The molecule has 0 radical (unpaired) electrons. The maximum atomic E-state index is 5.69. The van der Waals surface area contributed by atoms with Gasteiger partial charge in [0.25, 0.3) is 0 Å². The number of methoxy groups -OCH3 is 1. The number of ether oxygens (including phenoxy) is 2. The molecule has 4 nitrogen and oxygen atoms in total. The number of aromatic nitrogens is 1. The minimum atomic E-state index is 0.573. The molecule has 0 unspecified atom stereocenters. The Labute approximate surface area is 131 Å². The fraction of sp³-hybridized carbons (Fsp3) is 0.357. The van der Waals surface area contributed by atoms with Gasteiger partial charge in [0, 0.05) is 25.1 Å². The molecule has 0 aliphatic heterocycles. The van der Waals surface area contributed by atoms with Gasteiger partial charge in [-0.25, -0.2) is 0 Å². The monoisotopic (exact) mass is 356 g/mol. The average molecular weight is 357 g/mol. The van der Waals surface area contributed by atoms with Crippen LogP contribution in [0.4, 0.5) is 0 Å². The fourth-order valence-electron chi connectivity index (χ4n) is 1.58. The van der Waals surface area contributed by atoms with Gasteiger partial charge in [0.05, 0.1) is 22.3 Å². The Morgan fingerprint density at radius 2 is 2.20 bits per heavy atom. The highest BCUT2D eigenvalue weighted by Crippen LogP contribution is 2.23. The first-order chi connectivity index (χ1) is 9.78. The van der Waals surface area contributed by atoms with E-state index in [9.17, 15) is 0 Å². The van der Waals surface area contributed by atoms with Crippen molar-refractivity contribution in [2.75, 3.05) is 20.3 Å². The van der Waals surface area contributed by atoms with Crippen LogP contribution < -0.4 is 10.1 Å². The van der Waals surface area contributed by atoms with Crippen LogP contribution in [-0.4, -0.2) is 25.2 Å². The van der Waals surface area contributed by atoms with Gasteiger partial charge in [0.2, 0.25) is 0 Å². The molecule has 0 saturated heterocycles. The Kier molecular flexibility index (Phi) is 6.46. The van der Waals surface area contributed by atoms with E-state index in [1.54, 1.807) is 24.6 Å². The summed E-state index contributed by atoms with van der Waals surface area (Å²) in [5, 5.41) is 3.25. The van der Waals surface area contributed by atoms with Crippen LogP contribution in [0.1, 0.15) is 10.6 Å². The molecule has 0 saturated carbocycles. The van der Waals surface area contributed by atoms with Gasteiger partial charge >= 0.3 is 0 Å². The van der Waals surface area contributed by atoms with E-state index in [2.05, 4.69) is 32.3 Å². The van der Waals surface area contributed by atoms with Gasteiger partial charge in [-0.15, -0.1) is 11.3 Å². The molecule has 1 N–H and O–H groups in total. The first kappa shape index (κ1) is 15.4. The maximum Gasteiger partial charge on any atom is 0.138 e. The van der Waals surface area contributed by atoms with E-state index in [4.69, 9.17) is 9.47 Å². The molecular weight excluding hydrogens is 340 g/mol. The van der Waals surface area contributed by atoms with Crippen molar-refractivity contribution >= 4 is 27.3 Å². The Morgan fingerprint density at radius 1 is 1.30 bits per heavy atom. The van der Waals surface area contributed by atoms with Crippen LogP contribution in [0.25, 0.3) is 0 Å². The van der Waals surface area contributed by atoms with E-state index in [-0.39, 0.29) is 0 Å². The van der Waals surface area contributed by atoms with Crippen molar-refractivity contribution in [3.05, 3.63) is 44.8 Å². The summed E-state index contributed by atoms with van der Waals surface area (Å²) in [5.74, 6) is 0.787. The SMILES string of the molecule is COCCNCc1ccc(OCc2ccc(Br)s2)cn1. The third-order valence-corrected chi connectivity index (χ3v) is 4.19. The van der Waals surface area contributed by atoms with Crippen molar-refractivity contribution in [2.24, 2.45) is 0 Å². The second-order valence-corrected chi connectivity index (χ2v) is 6.70. The number of hydrogen-bond acceptors (Lipinski definition) is 5. The second kappa shape index (κ2) is 8.36. The number of hydrogen-bond donors (Lipinski definition) is 1. The number of pyridine rings is 1. The van der Waals surface area contributed by atoms with Gasteiger partial charge in [0.1, 0.15) is 12.4 Å². The minimum absolute atomic E-state index is 0.573. The summed E-state index contributed by atoms with van der Waals surface area (Å²) in [4.78, 5) is 5.54. The number of nitrogens with one attached hydrogen (secondary N) is 1. The minimum Gasteiger partial charge on any atom is -0.486 e. The van der Waals surface area contributed by atoms with E-state index in [1.807, 2.05) is 18.2 Å². The predicted octanol–water partition coefficient (Wildman–Crippen LogP) is 3.22. The van der Waals surface area contributed by atoms with Gasteiger partial charge < -0.3 is 14.8 Å². The lowest BCUT2D eigenvalue weighted by atomic mass is 10.3. The highest BCUT2D eigenvalue weighted by molar-refractivity contribution is 9.11. The number of nitrogens with zero attached hydrogens (tertiary/aromatic N) is 1. The lowest BCUT2D eigenvalue weighted by Gasteiger charge is -2.06. The summed E-state index contributed by atoms with van der Waals surface area (Å²) < 4.78 is 11.8. The van der Waals surface area contributed by atoms with Gasteiger partial charge in [-0.2, -0.15) is 0 Å². The lowest BCUT2D eigenvalue weighted by molar-refractivity contribution is 0.199. The topological polar surface area (TPSA) is 43.4 Å². The maximum absolute atomic E-state index is 5.69. The van der Waals surface area contributed by atoms with E-state index in [1.165, 1.54) is 4.88 Å². The van der Waals surface area contributed by atoms with Crippen LogP contribution in [0.15, 0.2) is 34.2 Å². The molecule has 20 heavy (non-hydrogen) atoms. The molecule has 0 bridgehead atoms. The molecule has 0 amide bonds. The van der Waals surface area contributed by atoms with Crippen LogP contribution in [0.3, 0.4) is 0 Å². The van der Waals surface area contributed by atoms with Crippen LogP contribution in [0.2, 0.25) is 0 Å². The standard InChI is InChI=1S/C14H17BrN2O2S/c1-18-7-6-16-8-11-2-3-12(9-17-11)19-10-13-4-5-14(15)20-13/h2-5,9,16H,6-8,10H2,1H3. The highest BCUT2D eigenvalue weighted by atomic mass is 79.9. The van der Waals surface area contributed by atoms with Crippen LogP contribution in [-0.2, 0) is 17.9 Å². The molecule has 0 aromatic carbocycles. The van der Waals surface area contributed by atoms with Crippen molar-refractivity contribution in [2.45, 2.75) is 13.2 Å². The number of halogens is 1. The quantitative estimate of drug-likeness (QED) is 0.737. The predicted molar refractivity (Wildman–Crippen MR) is 84.2 cm³/mol. The Morgan fingerprint density at radius 3 is 2.85 bits per heavy atom. The molecule has 0 fully saturated rings. The summed E-state index contributed by atoms with van der Waals surface area (Å²) in [6.07, 6.45) is 1.76. The highest BCUT2D eigenvalue weighted by Gasteiger charge is 2.00. The summed E-state index contributed by atoms with van der Waals surface area (Å²) in [6, 6.07) is 8.00. The fourth-order valence-corrected chi connectivity index (χ4v) is 2.97. The third kappa shape index (κ3) is 5.20. The first-order valence-electron chi connectivity index (χ1n) is 6.29. The van der Waals surface area contributed by atoms with Gasteiger partial charge in [0.15, 0.2) is 0 Å².